The first-order chi connectivity index (χ1) is 17.3. The third-order valence-electron chi connectivity index (χ3n) is 5.99. The van der Waals surface area contributed by atoms with Crippen molar-refractivity contribution in [1.82, 2.24) is 25.2 Å². The van der Waals surface area contributed by atoms with Gasteiger partial charge in [-0.2, -0.15) is 10.2 Å². The molecule has 0 spiro atoms. The maximum Gasteiger partial charge on any atom is 0.341 e. The molecule has 11 nitrogen and oxygen atoms in total. The van der Waals surface area contributed by atoms with E-state index in [1.54, 1.807) is 32.8 Å². The number of carbonyl (C=O) groups is 3. The zero-order chi connectivity index (χ0) is 25.9. The van der Waals surface area contributed by atoms with Crippen molar-refractivity contribution in [2.45, 2.75) is 39.3 Å². The van der Waals surface area contributed by atoms with Crippen LogP contribution in [-0.2, 0) is 16.1 Å². The summed E-state index contributed by atoms with van der Waals surface area (Å²) < 4.78 is 10.4. The number of hydrogen-bond acceptors (Lipinski definition) is 8. The molecular weight excluding hydrogens is 484 g/mol. The summed E-state index contributed by atoms with van der Waals surface area (Å²) >= 11 is 1.15. The number of nitrogens with one attached hydrogen (secondary N) is 2. The molecule has 1 aliphatic rings. The van der Waals surface area contributed by atoms with Gasteiger partial charge in [-0.25, -0.2) is 9.59 Å². The number of ether oxygens (including phenoxy) is 2. The first kappa shape index (κ1) is 25.2. The van der Waals surface area contributed by atoms with Gasteiger partial charge in [0.25, 0.3) is 0 Å². The quantitative estimate of drug-likeness (QED) is 0.444. The number of benzene rings is 1. The van der Waals surface area contributed by atoms with E-state index in [-0.39, 0.29) is 18.1 Å². The fraction of sp³-hybridized carbons (Fsp3) is 0.375. The van der Waals surface area contributed by atoms with Gasteiger partial charge >= 0.3 is 12.0 Å². The Hall–Kier alpha value is -3.93. The molecule has 1 saturated heterocycles. The summed E-state index contributed by atoms with van der Waals surface area (Å²) in [4.78, 5) is 41.9. The molecule has 3 amide bonds. The second-order valence-corrected chi connectivity index (χ2v) is 9.51. The number of amides is 3. The van der Waals surface area contributed by atoms with E-state index in [0.29, 0.717) is 35.1 Å². The van der Waals surface area contributed by atoms with Crippen LogP contribution in [0.25, 0.3) is 5.00 Å². The van der Waals surface area contributed by atoms with E-state index in [4.69, 9.17) is 9.47 Å². The SMILES string of the molecule is CCOC(=O)c1c(NC(=O)N[C@@]2(C)CCN(Cc3ccc(OC)cc3)C2=O)sc(-n2nccn2)c1C. The van der Waals surface area contributed by atoms with Crippen LogP contribution in [0.1, 0.15) is 41.8 Å². The lowest BCUT2D eigenvalue weighted by Gasteiger charge is -2.25. The molecule has 0 bridgehead atoms. The van der Waals surface area contributed by atoms with E-state index >= 15 is 0 Å². The highest BCUT2D eigenvalue weighted by atomic mass is 32.1. The summed E-state index contributed by atoms with van der Waals surface area (Å²) in [5, 5.41) is 14.7. The third-order valence-corrected chi connectivity index (χ3v) is 7.16. The van der Waals surface area contributed by atoms with Gasteiger partial charge in [0.05, 0.1) is 31.7 Å². The number of likely N-dealkylation sites (tertiary alicyclic amines) is 1. The van der Waals surface area contributed by atoms with E-state index in [2.05, 4.69) is 20.8 Å². The highest BCUT2D eigenvalue weighted by Crippen LogP contribution is 2.36. The number of anilines is 1. The summed E-state index contributed by atoms with van der Waals surface area (Å²) in [6.45, 7) is 6.27. The Bertz CT molecular complexity index is 1260. The van der Waals surface area contributed by atoms with Crippen LogP contribution in [0.4, 0.5) is 9.80 Å². The van der Waals surface area contributed by atoms with E-state index < -0.39 is 17.5 Å². The molecule has 0 saturated carbocycles. The second-order valence-electron chi connectivity index (χ2n) is 8.51. The van der Waals surface area contributed by atoms with Crippen LogP contribution in [0.3, 0.4) is 0 Å². The Morgan fingerprint density at radius 2 is 1.89 bits per heavy atom. The van der Waals surface area contributed by atoms with Gasteiger partial charge < -0.3 is 19.7 Å². The minimum atomic E-state index is -1.08. The number of thiophene rings is 1. The van der Waals surface area contributed by atoms with E-state index in [0.717, 1.165) is 22.6 Å². The topological polar surface area (TPSA) is 128 Å². The smallest absolute Gasteiger partial charge is 0.341 e. The maximum absolute atomic E-state index is 13.2. The maximum atomic E-state index is 13.2. The summed E-state index contributed by atoms with van der Waals surface area (Å²) in [6, 6.07) is 6.91. The number of hydrogen-bond donors (Lipinski definition) is 2. The summed E-state index contributed by atoms with van der Waals surface area (Å²) in [7, 11) is 1.60. The van der Waals surface area contributed by atoms with Gasteiger partial charge in [0, 0.05) is 18.7 Å². The van der Waals surface area contributed by atoms with Crippen molar-refractivity contribution in [3.8, 4) is 10.8 Å². The minimum Gasteiger partial charge on any atom is -0.497 e. The zero-order valence-corrected chi connectivity index (χ0v) is 21.3. The molecule has 0 radical (unpaired) electrons. The molecule has 1 aliphatic heterocycles. The lowest BCUT2D eigenvalue weighted by atomic mass is 10.0. The molecule has 0 unspecified atom stereocenters. The first-order valence-corrected chi connectivity index (χ1v) is 12.3. The normalized spacial score (nSPS) is 17.2. The molecule has 3 heterocycles. The van der Waals surface area contributed by atoms with Crippen LogP contribution < -0.4 is 15.4 Å². The molecule has 2 N–H and O–H groups in total. The molecule has 12 heteroatoms. The van der Waals surface area contributed by atoms with Crippen LogP contribution in [-0.4, -0.2) is 63.6 Å². The standard InChI is InChI=1S/C24H28N6O5S/c1-5-35-21(31)18-15(2)20(30-25-11-12-26-30)36-19(18)27-23(33)28-24(3)10-13-29(22(24)32)14-16-6-8-17(34-4)9-7-16/h6-9,11-12H,5,10,13-14H2,1-4H3,(H2,27,28,33)/t24-/m0/s1. The van der Waals surface area contributed by atoms with Crippen LogP contribution >= 0.6 is 11.3 Å². The third kappa shape index (κ3) is 5.03. The fourth-order valence-electron chi connectivity index (χ4n) is 4.07. The highest BCUT2D eigenvalue weighted by molar-refractivity contribution is 7.19. The van der Waals surface area contributed by atoms with Crippen LogP contribution in [0.15, 0.2) is 36.7 Å². The fourth-order valence-corrected chi connectivity index (χ4v) is 5.18. The number of rotatable bonds is 8. The molecule has 190 valence electrons. The van der Waals surface area contributed by atoms with Gasteiger partial charge in [0.15, 0.2) is 0 Å². The van der Waals surface area contributed by atoms with Crippen molar-refractivity contribution in [3.05, 3.63) is 53.3 Å². The van der Waals surface area contributed by atoms with E-state index in [9.17, 15) is 14.4 Å². The minimum absolute atomic E-state index is 0.178. The van der Waals surface area contributed by atoms with E-state index in [1.165, 1.54) is 17.2 Å². The Morgan fingerprint density at radius 1 is 1.19 bits per heavy atom. The molecule has 36 heavy (non-hydrogen) atoms. The van der Waals surface area contributed by atoms with Crippen LogP contribution in [0.5, 0.6) is 5.75 Å². The van der Waals surface area contributed by atoms with Gasteiger partial charge in [-0.05, 0) is 44.9 Å². The molecule has 1 fully saturated rings. The highest BCUT2D eigenvalue weighted by Gasteiger charge is 2.44. The Labute approximate surface area is 212 Å². The van der Waals surface area contributed by atoms with Crippen LogP contribution in [0.2, 0.25) is 0 Å². The van der Waals surface area contributed by atoms with E-state index in [1.807, 2.05) is 24.3 Å². The van der Waals surface area contributed by atoms with Crippen molar-refractivity contribution < 1.29 is 23.9 Å². The van der Waals surface area contributed by atoms with Gasteiger partial charge in [-0.1, -0.05) is 23.5 Å². The Kier molecular flexibility index (Phi) is 7.25. The number of carbonyl (C=O) groups excluding carboxylic acids is 3. The average molecular weight is 513 g/mol. The number of aromatic nitrogens is 3. The van der Waals surface area contributed by atoms with Crippen molar-refractivity contribution in [1.29, 1.82) is 0 Å². The molecule has 4 rings (SSSR count). The van der Waals surface area contributed by atoms with Crippen molar-refractivity contribution in [3.63, 3.8) is 0 Å². The van der Waals surface area contributed by atoms with Gasteiger partial charge in [-0.3, -0.25) is 10.1 Å². The molecule has 1 atom stereocenters. The lowest BCUT2D eigenvalue weighted by molar-refractivity contribution is -0.132. The molecule has 2 aromatic heterocycles. The second kappa shape index (κ2) is 10.4. The predicted molar refractivity (Wildman–Crippen MR) is 134 cm³/mol. The molecular formula is C24H28N6O5S. The lowest BCUT2D eigenvalue weighted by Crippen LogP contribution is -2.53. The van der Waals surface area contributed by atoms with Crippen LogP contribution in [0, 0.1) is 6.92 Å². The summed E-state index contributed by atoms with van der Waals surface area (Å²) in [5.74, 6) is 0.00354. The van der Waals surface area contributed by atoms with Gasteiger partial charge in [0.1, 0.15) is 21.3 Å². The van der Waals surface area contributed by atoms with Crippen molar-refractivity contribution >= 4 is 34.2 Å². The van der Waals surface area contributed by atoms with Gasteiger partial charge in [-0.15, -0.1) is 4.80 Å². The zero-order valence-electron chi connectivity index (χ0n) is 20.5. The van der Waals surface area contributed by atoms with Gasteiger partial charge in [0.2, 0.25) is 5.91 Å². The molecule has 3 aromatic rings. The average Bonchev–Trinajstić information content (AvgIpc) is 3.55. The number of nitrogens with zero attached hydrogens (tertiary/aromatic N) is 4. The monoisotopic (exact) mass is 512 g/mol. The Balaban J connectivity index is 1.48. The van der Waals surface area contributed by atoms with Crippen molar-refractivity contribution in [2.24, 2.45) is 0 Å². The number of methoxy groups -OCH3 is 1. The largest absolute Gasteiger partial charge is 0.497 e. The number of esters is 1. The first-order valence-electron chi connectivity index (χ1n) is 11.4. The predicted octanol–water partition coefficient (Wildman–Crippen LogP) is 3.14. The molecule has 0 aliphatic carbocycles. The summed E-state index contributed by atoms with van der Waals surface area (Å²) in [5.41, 5.74) is 0.692. The Morgan fingerprint density at radius 3 is 2.53 bits per heavy atom. The number of urea groups is 1. The summed E-state index contributed by atoms with van der Waals surface area (Å²) in [6.07, 6.45) is 3.49. The molecule has 1 aromatic carbocycles. The van der Waals surface area contributed by atoms with Crippen molar-refractivity contribution in [2.75, 3.05) is 25.6 Å².